The Bertz CT molecular complexity index is 1880. The lowest BCUT2D eigenvalue weighted by atomic mass is 10.1. The van der Waals surface area contributed by atoms with Gasteiger partial charge in [0.25, 0.3) is 0 Å². The maximum absolute atomic E-state index is 12.8. The third-order valence-electron chi connectivity index (χ3n) is 8.45. The smallest absolute Gasteiger partial charge is 0.415 e. The molecule has 0 unspecified atom stereocenters. The van der Waals surface area contributed by atoms with E-state index in [2.05, 4.69) is 52.9 Å². The number of amidine groups is 1. The van der Waals surface area contributed by atoms with Gasteiger partial charge < -0.3 is 14.5 Å². The van der Waals surface area contributed by atoms with E-state index in [0.717, 1.165) is 64.8 Å². The summed E-state index contributed by atoms with van der Waals surface area (Å²) in [5.41, 5.74) is 3.53. The molecular weight excluding hydrogens is 633 g/mol. The van der Waals surface area contributed by atoms with Crippen LogP contribution >= 0.6 is 22.7 Å². The van der Waals surface area contributed by atoms with Crippen LogP contribution in [0.4, 0.5) is 9.59 Å². The van der Waals surface area contributed by atoms with Gasteiger partial charge in [-0.1, -0.05) is 30.8 Å². The van der Waals surface area contributed by atoms with Gasteiger partial charge in [0.1, 0.15) is 17.3 Å². The lowest BCUT2D eigenvalue weighted by Crippen LogP contribution is -2.42. The molecule has 47 heavy (non-hydrogen) atoms. The number of carbonyl (C=O) groups excluding carboxylic acids is 2. The Labute approximate surface area is 281 Å². The SMILES string of the molecule is C=C(C)OC(=O)N1CCC[C@H]1c1ncc(-c2cc3sc(-c4ccc(C5=NC([C@@H]6CCCN6C(=O)OC(C)(C)C)=NC5)cc4)cc3s2)[nH]1. The number of nitrogens with zero attached hydrogens (tertiary/aromatic N) is 5. The maximum atomic E-state index is 12.8. The number of benzene rings is 1. The number of aliphatic imine (C=N–C) groups is 2. The fraction of sp³-hybridized carbons (Fsp3) is 0.400. The monoisotopic (exact) mass is 670 g/mol. The number of rotatable bonds is 6. The van der Waals surface area contributed by atoms with E-state index in [9.17, 15) is 9.59 Å². The van der Waals surface area contributed by atoms with Gasteiger partial charge >= 0.3 is 12.2 Å². The Kier molecular flexibility index (Phi) is 8.25. The summed E-state index contributed by atoms with van der Waals surface area (Å²) in [6.07, 6.45) is 4.69. The average Bonchev–Trinajstić information content (AvgIpc) is 3.83. The van der Waals surface area contributed by atoms with Crippen molar-refractivity contribution in [3.05, 3.63) is 66.3 Å². The minimum absolute atomic E-state index is 0.130. The van der Waals surface area contributed by atoms with Gasteiger partial charge in [-0.3, -0.25) is 14.8 Å². The van der Waals surface area contributed by atoms with Gasteiger partial charge in [-0.15, -0.1) is 22.7 Å². The molecule has 0 aliphatic carbocycles. The van der Waals surface area contributed by atoms with Crippen molar-refractivity contribution in [3.8, 4) is 21.0 Å². The van der Waals surface area contributed by atoms with E-state index < -0.39 is 5.60 Å². The number of thiophene rings is 2. The quantitative estimate of drug-likeness (QED) is 0.207. The standard InChI is InChI=1S/C35H38N6O4S2/c1-20(2)44-33(42)40-14-6-8-25(40)32-37-19-24(39-32)28-17-30-29(47-28)16-27(46-30)22-12-10-21(11-13-22)23-18-36-31(38-23)26-9-7-15-41(26)34(43)45-35(3,4)5/h10-13,16-17,19,25-26H,1,6-9,14-15,18H2,2-5H3,(H,37,39)/t25-,26-/m0/s1. The Balaban J connectivity index is 1.02. The van der Waals surface area contributed by atoms with Crippen molar-refractivity contribution in [2.24, 2.45) is 9.98 Å². The Morgan fingerprint density at radius 3 is 2.28 bits per heavy atom. The van der Waals surface area contributed by atoms with Crippen molar-refractivity contribution >= 4 is 55.8 Å². The number of carbonyl (C=O) groups is 2. The van der Waals surface area contributed by atoms with Gasteiger partial charge in [0.2, 0.25) is 0 Å². The predicted octanol–water partition coefficient (Wildman–Crippen LogP) is 8.43. The topological polar surface area (TPSA) is 112 Å². The molecule has 244 valence electrons. The number of aromatic nitrogens is 2. The highest BCUT2D eigenvalue weighted by Crippen LogP contribution is 2.42. The molecule has 6 heterocycles. The zero-order valence-corrected chi connectivity index (χ0v) is 28.7. The summed E-state index contributed by atoms with van der Waals surface area (Å²) in [5.74, 6) is 1.88. The zero-order chi connectivity index (χ0) is 32.9. The number of aromatic amines is 1. The van der Waals surface area contributed by atoms with Gasteiger partial charge in [-0.25, -0.2) is 19.6 Å². The average molecular weight is 671 g/mol. The van der Waals surface area contributed by atoms with Crippen LogP contribution in [0.25, 0.3) is 30.4 Å². The largest absolute Gasteiger partial charge is 0.444 e. The first-order valence-corrected chi connectivity index (χ1v) is 17.6. The second-order valence-electron chi connectivity index (χ2n) is 13.2. The maximum Gasteiger partial charge on any atom is 0.415 e. The lowest BCUT2D eigenvalue weighted by Gasteiger charge is -2.27. The minimum atomic E-state index is -0.538. The number of hydrogen-bond acceptors (Lipinski definition) is 9. The van der Waals surface area contributed by atoms with Crippen LogP contribution in [0.15, 0.2) is 64.9 Å². The summed E-state index contributed by atoms with van der Waals surface area (Å²) in [6.45, 7) is 12.8. The van der Waals surface area contributed by atoms with Crippen LogP contribution in [0, 0.1) is 0 Å². The second-order valence-corrected chi connectivity index (χ2v) is 15.4. The summed E-state index contributed by atoms with van der Waals surface area (Å²) in [6, 6.07) is 12.7. The van der Waals surface area contributed by atoms with Gasteiger partial charge in [-0.05, 0) is 76.6 Å². The number of imidazole rings is 1. The Hall–Kier alpha value is -4.29. The predicted molar refractivity (Wildman–Crippen MR) is 187 cm³/mol. The molecule has 12 heteroatoms. The molecule has 3 aromatic heterocycles. The van der Waals surface area contributed by atoms with E-state index in [1.54, 1.807) is 39.4 Å². The van der Waals surface area contributed by atoms with Crippen LogP contribution in [-0.4, -0.2) is 74.8 Å². The molecule has 1 N–H and O–H groups in total. The molecule has 2 atom stereocenters. The van der Waals surface area contributed by atoms with Gasteiger partial charge in [0.15, 0.2) is 0 Å². The molecule has 1 aromatic carbocycles. The van der Waals surface area contributed by atoms with Crippen LogP contribution in [0.5, 0.6) is 0 Å². The van der Waals surface area contributed by atoms with Crippen LogP contribution in [-0.2, 0) is 9.47 Å². The summed E-state index contributed by atoms with van der Waals surface area (Å²) in [4.78, 5) is 48.8. The van der Waals surface area contributed by atoms with Crippen molar-refractivity contribution in [3.63, 3.8) is 0 Å². The molecule has 0 spiro atoms. The zero-order valence-electron chi connectivity index (χ0n) is 27.0. The van der Waals surface area contributed by atoms with Crippen LogP contribution in [0.2, 0.25) is 0 Å². The number of H-pyrrole nitrogens is 1. The van der Waals surface area contributed by atoms with Gasteiger partial charge in [0.05, 0.1) is 46.9 Å². The van der Waals surface area contributed by atoms with E-state index in [0.29, 0.717) is 25.4 Å². The molecule has 10 nitrogen and oxygen atoms in total. The molecule has 3 aliphatic heterocycles. The first-order valence-electron chi connectivity index (χ1n) is 16.0. The van der Waals surface area contributed by atoms with Crippen LogP contribution in [0.3, 0.4) is 0 Å². The molecule has 0 saturated carbocycles. The second kappa shape index (κ2) is 12.4. The van der Waals surface area contributed by atoms with Crippen LogP contribution in [0.1, 0.15) is 70.8 Å². The minimum Gasteiger partial charge on any atom is -0.444 e. The number of amides is 2. The van der Waals surface area contributed by atoms with Crippen molar-refractivity contribution in [2.45, 2.75) is 71.1 Å². The fourth-order valence-electron chi connectivity index (χ4n) is 6.32. The first kappa shape index (κ1) is 31.3. The van der Waals surface area contributed by atoms with E-state index >= 15 is 0 Å². The lowest BCUT2D eigenvalue weighted by molar-refractivity contribution is 0.0265. The van der Waals surface area contributed by atoms with E-state index in [-0.39, 0.29) is 24.3 Å². The molecule has 2 amide bonds. The summed E-state index contributed by atoms with van der Waals surface area (Å²) >= 11 is 3.50. The summed E-state index contributed by atoms with van der Waals surface area (Å²) < 4.78 is 13.3. The van der Waals surface area contributed by atoms with E-state index in [4.69, 9.17) is 19.5 Å². The molecule has 4 aromatic rings. The highest BCUT2D eigenvalue weighted by Gasteiger charge is 2.37. The number of allylic oxidation sites excluding steroid dienone is 1. The van der Waals surface area contributed by atoms with E-state index in [1.165, 1.54) is 14.3 Å². The number of hydrogen-bond donors (Lipinski definition) is 1. The molecule has 2 fully saturated rings. The highest BCUT2D eigenvalue weighted by atomic mass is 32.1. The third-order valence-corrected chi connectivity index (χ3v) is 10.8. The molecule has 2 saturated heterocycles. The highest BCUT2D eigenvalue weighted by molar-refractivity contribution is 7.31. The number of nitrogens with one attached hydrogen (secondary N) is 1. The third kappa shape index (κ3) is 6.48. The Morgan fingerprint density at radius 1 is 0.936 bits per heavy atom. The first-order chi connectivity index (χ1) is 22.5. The fourth-order valence-corrected chi connectivity index (χ4v) is 8.69. The molecular formula is C35H38N6O4S2. The van der Waals surface area contributed by atoms with Crippen molar-refractivity contribution in [1.82, 2.24) is 19.8 Å². The molecule has 0 radical (unpaired) electrons. The molecule has 0 bridgehead atoms. The van der Waals surface area contributed by atoms with Crippen molar-refractivity contribution in [2.75, 3.05) is 19.6 Å². The number of fused-ring (bicyclic) bond motifs is 1. The number of ether oxygens (including phenoxy) is 2. The molecule has 7 rings (SSSR count). The Morgan fingerprint density at radius 2 is 1.57 bits per heavy atom. The summed E-state index contributed by atoms with van der Waals surface area (Å²) in [7, 11) is 0. The normalized spacial score (nSPS) is 19.7. The van der Waals surface area contributed by atoms with Gasteiger partial charge in [0, 0.05) is 27.4 Å². The van der Waals surface area contributed by atoms with Gasteiger partial charge in [-0.2, -0.15) is 0 Å². The van der Waals surface area contributed by atoms with Crippen LogP contribution < -0.4 is 0 Å². The van der Waals surface area contributed by atoms with E-state index in [1.807, 2.05) is 27.0 Å². The number of likely N-dealkylation sites (tertiary alicyclic amines) is 2. The van der Waals surface area contributed by atoms with Crippen molar-refractivity contribution in [1.29, 1.82) is 0 Å². The summed E-state index contributed by atoms with van der Waals surface area (Å²) in [5, 5.41) is 0. The molecule has 3 aliphatic rings. The van der Waals surface area contributed by atoms with Crippen molar-refractivity contribution < 1.29 is 19.1 Å².